The van der Waals surface area contributed by atoms with Crippen molar-refractivity contribution >= 4 is 11.8 Å². The first kappa shape index (κ1) is 12.1. The van der Waals surface area contributed by atoms with Crippen LogP contribution >= 0.6 is 11.8 Å². The molecule has 0 aliphatic heterocycles. The number of furan rings is 1. The number of rotatable bonds is 4. The van der Waals surface area contributed by atoms with E-state index in [2.05, 4.69) is 42.5 Å². The minimum absolute atomic E-state index is 0.858. The largest absolute Gasteiger partial charge is 0.460 e. The molecule has 1 nitrogen and oxygen atoms in total. The summed E-state index contributed by atoms with van der Waals surface area (Å²) in [4.78, 5) is 1.26. The topological polar surface area (TPSA) is 13.1 Å². The molecule has 0 bridgehead atoms. The van der Waals surface area contributed by atoms with Crippen LogP contribution in [-0.4, -0.2) is 0 Å². The van der Waals surface area contributed by atoms with Gasteiger partial charge in [0.2, 0.25) is 0 Å². The molecule has 2 heteroatoms. The molecule has 94 valence electrons. The molecule has 0 fully saturated rings. The lowest BCUT2D eigenvalue weighted by Crippen LogP contribution is -1.75. The van der Waals surface area contributed by atoms with Crippen LogP contribution in [-0.2, 0) is 5.75 Å². The summed E-state index contributed by atoms with van der Waals surface area (Å²) >= 11 is 1.79. The van der Waals surface area contributed by atoms with Gasteiger partial charge in [-0.15, -0.1) is 11.8 Å². The SMILES string of the molecule is c1ccc(SCc2ccc(-c3ccccc3)o2)cc1. The van der Waals surface area contributed by atoms with Gasteiger partial charge in [0.15, 0.2) is 0 Å². The number of benzene rings is 2. The van der Waals surface area contributed by atoms with E-state index in [-0.39, 0.29) is 0 Å². The molecule has 0 aliphatic rings. The van der Waals surface area contributed by atoms with Crippen LogP contribution in [0.1, 0.15) is 5.76 Å². The molecule has 0 atom stereocenters. The van der Waals surface area contributed by atoms with Gasteiger partial charge in [0.25, 0.3) is 0 Å². The highest BCUT2D eigenvalue weighted by Gasteiger charge is 2.04. The second kappa shape index (κ2) is 5.81. The van der Waals surface area contributed by atoms with Crippen LogP contribution < -0.4 is 0 Å². The van der Waals surface area contributed by atoms with E-state index in [9.17, 15) is 0 Å². The molecule has 1 heterocycles. The van der Waals surface area contributed by atoms with Crippen molar-refractivity contribution in [3.8, 4) is 11.3 Å². The zero-order valence-corrected chi connectivity index (χ0v) is 11.3. The normalized spacial score (nSPS) is 10.5. The Morgan fingerprint density at radius 3 is 2.16 bits per heavy atom. The lowest BCUT2D eigenvalue weighted by molar-refractivity contribution is 0.544. The van der Waals surface area contributed by atoms with Crippen LogP contribution in [0.4, 0.5) is 0 Å². The van der Waals surface area contributed by atoms with E-state index >= 15 is 0 Å². The van der Waals surface area contributed by atoms with Crippen molar-refractivity contribution in [2.75, 3.05) is 0 Å². The second-order valence-corrected chi connectivity index (χ2v) is 5.28. The Balaban J connectivity index is 1.69. The van der Waals surface area contributed by atoms with E-state index in [4.69, 9.17) is 4.42 Å². The van der Waals surface area contributed by atoms with Crippen molar-refractivity contribution in [3.05, 3.63) is 78.6 Å². The van der Waals surface area contributed by atoms with E-state index in [1.165, 1.54) is 4.90 Å². The monoisotopic (exact) mass is 266 g/mol. The Labute approximate surface area is 117 Å². The van der Waals surface area contributed by atoms with Crippen molar-refractivity contribution in [3.63, 3.8) is 0 Å². The van der Waals surface area contributed by atoms with E-state index < -0.39 is 0 Å². The zero-order chi connectivity index (χ0) is 12.9. The number of thioether (sulfide) groups is 1. The van der Waals surface area contributed by atoms with Gasteiger partial charge >= 0.3 is 0 Å². The van der Waals surface area contributed by atoms with E-state index in [0.29, 0.717) is 0 Å². The van der Waals surface area contributed by atoms with Crippen LogP contribution in [0.5, 0.6) is 0 Å². The molecule has 0 radical (unpaired) electrons. The maximum absolute atomic E-state index is 5.87. The molecule has 0 saturated carbocycles. The molecule has 19 heavy (non-hydrogen) atoms. The van der Waals surface area contributed by atoms with Gasteiger partial charge in [0, 0.05) is 10.5 Å². The van der Waals surface area contributed by atoms with Crippen molar-refractivity contribution in [1.82, 2.24) is 0 Å². The Kier molecular flexibility index (Phi) is 3.70. The summed E-state index contributed by atoms with van der Waals surface area (Å²) in [5.41, 5.74) is 1.12. The lowest BCUT2D eigenvalue weighted by atomic mass is 10.2. The quantitative estimate of drug-likeness (QED) is 0.599. The van der Waals surface area contributed by atoms with Crippen LogP contribution in [0.2, 0.25) is 0 Å². The van der Waals surface area contributed by atoms with Crippen LogP contribution in [0.3, 0.4) is 0 Å². The molecule has 0 spiro atoms. The Bertz CT molecular complexity index is 629. The summed E-state index contributed by atoms with van der Waals surface area (Å²) < 4.78 is 5.87. The number of hydrogen-bond acceptors (Lipinski definition) is 2. The molecule has 0 saturated heterocycles. The predicted octanol–water partition coefficient (Wildman–Crippen LogP) is 5.24. The highest BCUT2D eigenvalue weighted by atomic mass is 32.2. The van der Waals surface area contributed by atoms with E-state index in [0.717, 1.165) is 22.8 Å². The molecule has 0 unspecified atom stereocenters. The third kappa shape index (κ3) is 3.09. The summed E-state index contributed by atoms with van der Waals surface area (Å²) in [7, 11) is 0. The molecular weight excluding hydrogens is 252 g/mol. The van der Waals surface area contributed by atoms with Crippen LogP contribution in [0.15, 0.2) is 82.1 Å². The average Bonchev–Trinajstić information content (AvgIpc) is 2.96. The van der Waals surface area contributed by atoms with Crippen molar-refractivity contribution in [2.45, 2.75) is 10.6 Å². The standard InChI is InChI=1S/C17H14OS/c1-3-7-14(8-4-1)17-12-11-15(18-17)13-19-16-9-5-2-6-10-16/h1-12H,13H2. The smallest absolute Gasteiger partial charge is 0.134 e. The van der Waals surface area contributed by atoms with E-state index in [1.54, 1.807) is 11.8 Å². The van der Waals surface area contributed by atoms with Crippen molar-refractivity contribution in [1.29, 1.82) is 0 Å². The van der Waals surface area contributed by atoms with Gasteiger partial charge < -0.3 is 4.42 Å². The molecule has 0 N–H and O–H groups in total. The van der Waals surface area contributed by atoms with Gasteiger partial charge in [0.1, 0.15) is 11.5 Å². The minimum atomic E-state index is 0.858. The summed E-state index contributed by atoms with van der Waals surface area (Å²) in [6.45, 7) is 0. The van der Waals surface area contributed by atoms with Crippen LogP contribution in [0.25, 0.3) is 11.3 Å². The molecular formula is C17H14OS. The number of hydrogen-bond donors (Lipinski definition) is 0. The first-order valence-electron chi connectivity index (χ1n) is 6.24. The maximum atomic E-state index is 5.87. The first-order valence-corrected chi connectivity index (χ1v) is 7.22. The zero-order valence-electron chi connectivity index (χ0n) is 10.5. The molecule has 0 aliphatic carbocycles. The highest BCUT2D eigenvalue weighted by Crippen LogP contribution is 2.27. The fraction of sp³-hybridized carbons (Fsp3) is 0.0588. The van der Waals surface area contributed by atoms with Crippen molar-refractivity contribution in [2.24, 2.45) is 0 Å². The second-order valence-electron chi connectivity index (χ2n) is 4.23. The summed E-state index contributed by atoms with van der Waals surface area (Å²) in [5.74, 6) is 2.80. The molecule has 2 aromatic carbocycles. The molecule has 3 aromatic rings. The Morgan fingerprint density at radius 2 is 1.42 bits per heavy atom. The average molecular weight is 266 g/mol. The fourth-order valence-corrected chi connectivity index (χ4v) is 2.70. The van der Waals surface area contributed by atoms with Crippen LogP contribution in [0, 0.1) is 0 Å². The Morgan fingerprint density at radius 1 is 0.737 bits per heavy atom. The fourth-order valence-electron chi connectivity index (χ4n) is 1.88. The third-order valence-corrected chi connectivity index (χ3v) is 3.88. The highest BCUT2D eigenvalue weighted by molar-refractivity contribution is 7.98. The van der Waals surface area contributed by atoms with Gasteiger partial charge in [-0.2, -0.15) is 0 Å². The van der Waals surface area contributed by atoms with Gasteiger partial charge in [-0.3, -0.25) is 0 Å². The maximum Gasteiger partial charge on any atom is 0.134 e. The van der Waals surface area contributed by atoms with Gasteiger partial charge in [-0.25, -0.2) is 0 Å². The molecule has 1 aromatic heterocycles. The molecule has 3 rings (SSSR count). The third-order valence-electron chi connectivity index (χ3n) is 2.84. The van der Waals surface area contributed by atoms with Gasteiger partial charge in [-0.05, 0) is 24.3 Å². The summed E-state index contributed by atoms with van der Waals surface area (Å²) in [6.07, 6.45) is 0. The summed E-state index contributed by atoms with van der Waals surface area (Å²) in [6, 6.07) is 24.7. The van der Waals surface area contributed by atoms with Crippen molar-refractivity contribution < 1.29 is 4.42 Å². The lowest BCUT2D eigenvalue weighted by Gasteiger charge is -1.99. The predicted molar refractivity (Wildman–Crippen MR) is 80.1 cm³/mol. The molecule has 0 amide bonds. The minimum Gasteiger partial charge on any atom is -0.460 e. The van der Waals surface area contributed by atoms with Gasteiger partial charge in [-0.1, -0.05) is 48.5 Å². The van der Waals surface area contributed by atoms with Gasteiger partial charge in [0.05, 0.1) is 5.75 Å². The Hall–Kier alpha value is -1.93. The van der Waals surface area contributed by atoms with E-state index in [1.807, 2.05) is 30.3 Å². The summed E-state index contributed by atoms with van der Waals surface area (Å²) in [5, 5.41) is 0. The first-order chi connectivity index (χ1) is 9.42.